The number of hydrogen-bond donors (Lipinski definition) is 2. The molecule has 2 saturated heterocycles. The fourth-order valence-corrected chi connectivity index (χ4v) is 5.21. The standard InChI is InChI=1S/C23H32ClN5O4S/c1-23(2,15-30)21(31)29-20(25-14-17-3-4-19(24)34-17)13-18(26-29)16-5-7-27(8-6-16)22(32)28-9-11-33-12-10-28/h3-4,13,16,25,30H,5-12,14-15H2,1-2H3. The minimum atomic E-state index is -0.958. The second kappa shape index (κ2) is 10.6. The number of thiophene rings is 1. The Balaban J connectivity index is 1.47. The van der Waals surface area contributed by atoms with Crippen LogP contribution in [0.5, 0.6) is 0 Å². The topological polar surface area (TPSA) is 99.9 Å². The quantitative estimate of drug-likeness (QED) is 0.618. The number of halogens is 1. The van der Waals surface area contributed by atoms with Crippen molar-refractivity contribution in [3.05, 3.63) is 33.1 Å². The molecule has 2 N–H and O–H groups in total. The van der Waals surface area contributed by atoms with Gasteiger partial charge in [-0.15, -0.1) is 11.3 Å². The van der Waals surface area contributed by atoms with Gasteiger partial charge < -0.3 is 25.0 Å². The molecule has 2 amide bonds. The van der Waals surface area contributed by atoms with E-state index in [2.05, 4.69) is 10.4 Å². The lowest BCUT2D eigenvalue weighted by molar-refractivity contribution is 0.0411. The first-order chi connectivity index (χ1) is 16.3. The van der Waals surface area contributed by atoms with Gasteiger partial charge in [-0.1, -0.05) is 11.6 Å². The van der Waals surface area contributed by atoms with Crippen LogP contribution < -0.4 is 5.32 Å². The molecule has 2 fully saturated rings. The molecule has 11 heteroatoms. The summed E-state index contributed by atoms with van der Waals surface area (Å²) in [6, 6.07) is 5.79. The Bertz CT molecular complexity index is 1010. The van der Waals surface area contributed by atoms with Crippen LogP contribution in [0, 0.1) is 5.41 Å². The monoisotopic (exact) mass is 509 g/mol. The molecule has 0 unspecified atom stereocenters. The summed E-state index contributed by atoms with van der Waals surface area (Å²) < 4.78 is 7.44. The highest BCUT2D eigenvalue weighted by Gasteiger charge is 2.33. The minimum absolute atomic E-state index is 0.0733. The molecule has 0 radical (unpaired) electrons. The fourth-order valence-electron chi connectivity index (χ4n) is 4.18. The Labute approximate surface area is 208 Å². The van der Waals surface area contributed by atoms with Crippen LogP contribution in [0.2, 0.25) is 4.34 Å². The number of carbonyl (C=O) groups excluding carboxylic acids is 2. The molecule has 2 aliphatic rings. The largest absolute Gasteiger partial charge is 0.395 e. The number of carbonyl (C=O) groups is 2. The number of rotatable bonds is 6. The molecule has 0 aromatic carbocycles. The van der Waals surface area contributed by atoms with Crippen molar-refractivity contribution in [2.75, 3.05) is 51.3 Å². The summed E-state index contributed by atoms with van der Waals surface area (Å²) in [5, 5.41) is 17.7. The van der Waals surface area contributed by atoms with Crippen molar-refractivity contribution in [1.82, 2.24) is 19.6 Å². The number of nitrogens with zero attached hydrogens (tertiary/aromatic N) is 4. The Morgan fingerprint density at radius 3 is 2.50 bits per heavy atom. The lowest BCUT2D eigenvalue weighted by Gasteiger charge is -2.36. The summed E-state index contributed by atoms with van der Waals surface area (Å²) in [6.45, 7) is 7.40. The second-order valence-electron chi connectivity index (χ2n) is 9.42. The summed E-state index contributed by atoms with van der Waals surface area (Å²) in [7, 11) is 0. The van der Waals surface area contributed by atoms with Crippen molar-refractivity contribution in [3.63, 3.8) is 0 Å². The maximum atomic E-state index is 13.2. The van der Waals surface area contributed by atoms with Gasteiger partial charge >= 0.3 is 6.03 Å². The van der Waals surface area contributed by atoms with Crippen LogP contribution in [-0.4, -0.2) is 82.6 Å². The van der Waals surface area contributed by atoms with Crippen molar-refractivity contribution >= 4 is 40.7 Å². The van der Waals surface area contributed by atoms with Crippen molar-refractivity contribution < 1.29 is 19.4 Å². The molecule has 186 valence electrons. The molecule has 2 aromatic rings. The minimum Gasteiger partial charge on any atom is -0.395 e. The Morgan fingerprint density at radius 1 is 1.21 bits per heavy atom. The Morgan fingerprint density at radius 2 is 1.88 bits per heavy atom. The summed E-state index contributed by atoms with van der Waals surface area (Å²) in [4.78, 5) is 30.8. The van der Waals surface area contributed by atoms with Crippen molar-refractivity contribution in [2.45, 2.75) is 39.2 Å². The van der Waals surface area contributed by atoms with Gasteiger partial charge in [-0.3, -0.25) is 4.79 Å². The van der Waals surface area contributed by atoms with Gasteiger partial charge in [0.15, 0.2) is 0 Å². The first kappa shape index (κ1) is 25.0. The number of urea groups is 1. The number of piperidine rings is 1. The number of likely N-dealkylation sites (tertiary alicyclic amines) is 1. The number of amides is 2. The molecule has 0 atom stereocenters. The molecule has 0 aliphatic carbocycles. The number of nitrogens with one attached hydrogen (secondary N) is 1. The molecule has 34 heavy (non-hydrogen) atoms. The maximum absolute atomic E-state index is 13.2. The van der Waals surface area contributed by atoms with Crippen molar-refractivity contribution in [3.8, 4) is 0 Å². The van der Waals surface area contributed by atoms with E-state index in [9.17, 15) is 14.7 Å². The lowest BCUT2D eigenvalue weighted by Crippen LogP contribution is -2.50. The van der Waals surface area contributed by atoms with Gasteiger partial charge in [-0.05, 0) is 38.8 Å². The van der Waals surface area contributed by atoms with E-state index in [-0.39, 0.29) is 24.5 Å². The zero-order chi connectivity index (χ0) is 24.3. The Kier molecular flexibility index (Phi) is 7.81. The zero-order valence-electron chi connectivity index (χ0n) is 19.6. The summed E-state index contributed by atoms with van der Waals surface area (Å²) in [6.07, 6.45) is 1.56. The predicted molar refractivity (Wildman–Crippen MR) is 132 cm³/mol. The van der Waals surface area contributed by atoms with Crippen LogP contribution in [0.4, 0.5) is 10.6 Å². The molecule has 0 spiro atoms. The number of anilines is 1. The van der Waals surface area contributed by atoms with Crippen LogP contribution in [0.25, 0.3) is 0 Å². The number of morpholine rings is 1. The van der Waals surface area contributed by atoms with Gasteiger partial charge in [0, 0.05) is 43.0 Å². The molecule has 2 aliphatic heterocycles. The molecule has 0 bridgehead atoms. The lowest BCUT2D eigenvalue weighted by atomic mass is 9.94. The van der Waals surface area contributed by atoms with Gasteiger partial charge in [0.25, 0.3) is 5.91 Å². The van der Waals surface area contributed by atoms with Gasteiger partial charge in [0.05, 0.1) is 41.8 Å². The highest BCUT2D eigenvalue weighted by atomic mass is 35.5. The number of aromatic nitrogens is 2. The van der Waals surface area contributed by atoms with Crippen molar-refractivity contribution in [2.24, 2.45) is 5.41 Å². The van der Waals surface area contributed by atoms with E-state index in [4.69, 9.17) is 16.3 Å². The first-order valence-electron chi connectivity index (χ1n) is 11.6. The second-order valence-corrected chi connectivity index (χ2v) is 11.2. The van der Waals surface area contributed by atoms with E-state index >= 15 is 0 Å². The van der Waals surface area contributed by atoms with E-state index in [1.165, 1.54) is 16.0 Å². The van der Waals surface area contributed by atoms with Gasteiger partial charge in [-0.2, -0.15) is 9.78 Å². The third-order valence-electron chi connectivity index (χ3n) is 6.43. The van der Waals surface area contributed by atoms with Crippen LogP contribution in [0.3, 0.4) is 0 Å². The number of aliphatic hydroxyl groups is 1. The normalized spacial score (nSPS) is 17.8. The van der Waals surface area contributed by atoms with E-state index in [0.29, 0.717) is 56.1 Å². The number of hydrogen-bond acceptors (Lipinski definition) is 7. The third kappa shape index (κ3) is 5.56. The third-order valence-corrected chi connectivity index (χ3v) is 7.66. The SMILES string of the molecule is CC(C)(CO)C(=O)n1nc(C2CCN(C(=O)N3CCOCC3)CC2)cc1NCc1ccc(Cl)s1. The smallest absolute Gasteiger partial charge is 0.320 e. The number of aliphatic hydroxyl groups excluding tert-OH is 1. The first-order valence-corrected chi connectivity index (χ1v) is 12.8. The average molecular weight is 510 g/mol. The molecule has 4 heterocycles. The van der Waals surface area contributed by atoms with Crippen LogP contribution in [-0.2, 0) is 11.3 Å². The molecular formula is C23H32ClN5O4S. The number of ether oxygens (including phenoxy) is 1. The molecular weight excluding hydrogens is 478 g/mol. The van der Waals surface area contributed by atoms with Gasteiger partial charge in [0.1, 0.15) is 5.82 Å². The van der Waals surface area contributed by atoms with E-state index in [1.54, 1.807) is 13.8 Å². The van der Waals surface area contributed by atoms with Crippen LogP contribution in [0.1, 0.15) is 48.0 Å². The van der Waals surface area contributed by atoms with E-state index in [0.717, 1.165) is 23.4 Å². The molecule has 2 aromatic heterocycles. The van der Waals surface area contributed by atoms with Crippen LogP contribution >= 0.6 is 22.9 Å². The van der Waals surface area contributed by atoms with E-state index < -0.39 is 5.41 Å². The average Bonchev–Trinajstić information content (AvgIpc) is 3.48. The zero-order valence-corrected chi connectivity index (χ0v) is 21.2. The Hall–Kier alpha value is -2.14. The summed E-state index contributed by atoms with van der Waals surface area (Å²) >= 11 is 7.53. The highest BCUT2D eigenvalue weighted by molar-refractivity contribution is 7.16. The van der Waals surface area contributed by atoms with E-state index in [1.807, 2.05) is 28.0 Å². The predicted octanol–water partition coefficient (Wildman–Crippen LogP) is 3.50. The van der Waals surface area contributed by atoms with Crippen LogP contribution in [0.15, 0.2) is 18.2 Å². The summed E-state index contributed by atoms with van der Waals surface area (Å²) in [5.41, 5.74) is -0.132. The van der Waals surface area contributed by atoms with Crippen molar-refractivity contribution in [1.29, 1.82) is 0 Å². The highest BCUT2D eigenvalue weighted by Crippen LogP contribution is 2.31. The maximum Gasteiger partial charge on any atom is 0.320 e. The summed E-state index contributed by atoms with van der Waals surface area (Å²) in [5.74, 6) is 0.475. The fraction of sp³-hybridized carbons (Fsp3) is 0.609. The van der Waals surface area contributed by atoms with Gasteiger partial charge in [0.2, 0.25) is 0 Å². The molecule has 4 rings (SSSR count). The van der Waals surface area contributed by atoms with Gasteiger partial charge in [-0.25, -0.2) is 4.79 Å². The molecule has 9 nitrogen and oxygen atoms in total. The molecule has 0 saturated carbocycles.